The van der Waals surface area contributed by atoms with Crippen LogP contribution in [0.4, 0.5) is 15.8 Å². The van der Waals surface area contributed by atoms with Gasteiger partial charge in [-0.15, -0.1) is 0 Å². The van der Waals surface area contributed by atoms with Gasteiger partial charge in [0.15, 0.2) is 5.16 Å². The maximum absolute atomic E-state index is 14.7. The third kappa shape index (κ3) is 4.36. The van der Waals surface area contributed by atoms with Crippen molar-refractivity contribution in [3.63, 3.8) is 0 Å². The number of pyridine rings is 1. The van der Waals surface area contributed by atoms with E-state index in [-0.39, 0.29) is 5.82 Å². The lowest BCUT2D eigenvalue weighted by molar-refractivity contribution is 0.122. The van der Waals surface area contributed by atoms with Crippen molar-refractivity contribution < 1.29 is 9.13 Å². The summed E-state index contributed by atoms with van der Waals surface area (Å²) in [5, 5.41) is 0.790. The zero-order valence-electron chi connectivity index (χ0n) is 17.9. The Hall–Kier alpha value is -2.32. The van der Waals surface area contributed by atoms with Gasteiger partial charge in [-0.05, 0) is 43.9 Å². The van der Waals surface area contributed by atoms with Gasteiger partial charge in [0, 0.05) is 49.9 Å². The number of piperidine rings is 1. The van der Waals surface area contributed by atoms with Crippen LogP contribution in [0, 0.1) is 12.7 Å². The molecule has 0 unspecified atom stereocenters. The van der Waals surface area contributed by atoms with Crippen LogP contribution >= 0.6 is 11.8 Å². The highest BCUT2D eigenvalue weighted by molar-refractivity contribution is 7.98. The quantitative estimate of drug-likeness (QED) is 0.588. The Balaban J connectivity index is 1.33. The first-order valence-corrected chi connectivity index (χ1v) is 12.0. The van der Waals surface area contributed by atoms with Crippen LogP contribution < -0.4 is 9.80 Å². The van der Waals surface area contributed by atoms with Gasteiger partial charge < -0.3 is 19.5 Å². The van der Waals surface area contributed by atoms with Crippen LogP contribution in [0.2, 0.25) is 0 Å². The maximum atomic E-state index is 14.7. The van der Waals surface area contributed by atoms with Gasteiger partial charge >= 0.3 is 0 Å². The zero-order chi connectivity index (χ0) is 21.2. The van der Waals surface area contributed by atoms with Crippen LogP contribution in [0.1, 0.15) is 30.5 Å². The number of hydrogen-bond donors (Lipinski definition) is 1. The van der Waals surface area contributed by atoms with Gasteiger partial charge in [-0.3, -0.25) is 4.98 Å². The Labute approximate surface area is 186 Å². The number of nitrogens with zero attached hydrogens (tertiary/aromatic N) is 4. The highest BCUT2D eigenvalue weighted by Gasteiger charge is 2.18. The van der Waals surface area contributed by atoms with Crippen LogP contribution in [0.5, 0.6) is 0 Å². The Morgan fingerprint density at radius 1 is 1.06 bits per heavy atom. The second-order valence-electron chi connectivity index (χ2n) is 8.20. The first-order valence-electron chi connectivity index (χ1n) is 11.0. The summed E-state index contributed by atoms with van der Waals surface area (Å²) < 4.78 is 20.1. The van der Waals surface area contributed by atoms with Crippen LogP contribution in [0.25, 0.3) is 11.0 Å². The molecule has 0 amide bonds. The SMILES string of the molecule is Cc1c(N2CCCCC2)ccnc1CSc1nc2cc(N3CCOCC3)c(F)cc2[nH]1. The fourth-order valence-corrected chi connectivity index (χ4v) is 5.35. The number of imidazole rings is 1. The van der Waals surface area contributed by atoms with Gasteiger partial charge in [-0.2, -0.15) is 0 Å². The molecular formula is C23H28FN5OS. The molecule has 8 heteroatoms. The number of ether oxygens (including phenoxy) is 1. The van der Waals surface area contributed by atoms with Crippen molar-refractivity contribution in [3.05, 3.63) is 41.5 Å². The summed E-state index contributed by atoms with van der Waals surface area (Å²) in [4.78, 5) is 17.1. The molecule has 2 saturated heterocycles. The third-order valence-electron chi connectivity index (χ3n) is 6.20. The van der Waals surface area contributed by atoms with Crippen molar-refractivity contribution in [2.75, 3.05) is 49.2 Å². The van der Waals surface area contributed by atoms with Crippen molar-refractivity contribution in [3.8, 4) is 0 Å². The minimum atomic E-state index is -0.221. The van der Waals surface area contributed by atoms with Crippen molar-refractivity contribution in [2.45, 2.75) is 37.1 Å². The molecule has 164 valence electrons. The fourth-order valence-electron chi connectivity index (χ4n) is 4.44. The number of hydrogen-bond acceptors (Lipinski definition) is 6. The van der Waals surface area contributed by atoms with Crippen LogP contribution in [-0.2, 0) is 10.5 Å². The van der Waals surface area contributed by atoms with Crippen LogP contribution in [0.3, 0.4) is 0 Å². The Morgan fingerprint density at radius 3 is 2.65 bits per heavy atom. The second kappa shape index (κ2) is 9.04. The summed E-state index contributed by atoms with van der Waals surface area (Å²) in [6.07, 6.45) is 5.75. The molecule has 2 aliphatic rings. The molecule has 0 radical (unpaired) electrons. The van der Waals surface area contributed by atoms with E-state index in [9.17, 15) is 4.39 Å². The number of fused-ring (bicyclic) bond motifs is 1. The van der Waals surface area contributed by atoms with E-state index in [2.05, 4.69) is 27.9 Å². The molecule has 1 aromatic carbocycles. The van der Waals surface area contributed by atoms with E-state index in [1.165, 1.54) is 30.5 Å². The lowest BCUT2D eigenvalue weighted by Gasteiger charge is -2.30. The monoisotopic (exact) mass is 441 g/mol. The largest absolute Gasteiger partial charge is 0.378 e. The highest BCUT2D eigenvalue weighted by atomic mass is 32.2. The van der Waals surface area contributed by atoms with E-state index < -0.39 is 0 Å². The lowest BCUT2D eigenvalue weighted by atomic mass is 10.1. The van der Waals surface area contributed by atoms with E-state index >= 15 is 0 Å². The molecule has 0 atom stereocenters. The zero-order valence-corrected chi connectivity index (χ0v) is 18.7. The van der Waals surface area contributed by atoms with Crippen molar-refractivity contribution in [1.29, 1.82) is 0 Å². The molecule has 4 heterocycles. The number of anilines is 2. The second-order valence-corrected chi connectivity index (χ2v) is 9.16. The summed E-state index contributed by atoms with van der Waals surface area (Å²) in [5.41, 5.74) is 5.74. The number of aromatic nitrogens is 3. The summed E-state index contributed by atoms with van der Waals surface area (Å²) in [6.45, 7) is 7.06. The van der Waals surface area contributed by atoms with E-state index in [1.807, 2.05) is 17.2 Å². The molecular weight excluding hydrogens is 413 g/mol. The topological polar surface area (TPSA) is 57.3 Å². The molecule has 3 aromatic rings. The van der Waals surface area contributed by atoms with Crippen molar-refractivity contribution in [1.82, 2.24) is 15.0 Å². The van der Waals surface area contributed by atoms with Gasteiger partial charge in [0.1, 0.15) is 5.82 Å². The average molecular weight is 442 g/mol. The predicted octanol–water partition coefficient (Wildman–Crippen LogP) is 4.52. The minimum absolute atomic E-state index is 0.221. The molecule has 31 heavy (non-hydrogen) atoms. The lowest BCUT2D eigenvalue weighted by Crippen LogP contribution is -2.36. The van der Waals surface area contributed by atoms with E-state index in [1.54, 1.807) is 17.8 Å². The predicted molar refractivity (Wildman–Crippen MR) is 124 cm³/mol. The summed E-state index contributed by atoms with van der Waals surface area (Å²) in [7, 11) is 0. The van der Waals surface area contributed by atoms with Gasteiger partial charge in [0.05, 0.1) is 35.6 Å². The van der Waals surface area contributed by atoms with Crippen molar-refractivity contribution >= 4 is 34.2 Å². The minimum Gasteiger partial charge on any atom is -0.378 e. The average Bonchev–Trinajstić information content (AvgIpc) is 3.20. The van der Waals surface area contributed by atoms with Gasteiger partial charge in [-0.1, -0.05) is 11.8 Å². The molecule has 5 rings (SSSR count). The van der Waals surface area contributed by atoms with E-state index in [0.717, 1.165) is 40.7 Å². The van der Waals surface area contributed by atoms with Gasteiger partial charge in [-0.25, -0.2) is 9.37 Å². The third-order valence-corrected chi connectivity index (χ3v) is 7.09. The number of aromatic amines is 1. The molecule has 6 nitrogen and oxygen atoms in total. The first-order chi connectivity index (χ1) is 15.2. The molecule has 0 saturated carbocycles. The number of H-pyrrole nitrogens is 1. The smallest absolute Gasteiger partial charge is 0.166 e. The first kappa shape index (κ1) is 20.6. The number of rotatable bonds is 5. The van der Waals surface area contributed by atoms with Crippen LogP contribution in [-0.4, -0.2) is 54.3 Å². The van der Waals surface area contributed by atoms with E-state index in [4.69, 9.17) is 9.72 Å². The number of morpholine rings is 1. The molecule has 0 bridgehead atoms. The summed E-state index contributed by atoms with van der Waals surface area (Å²) >= 11 is 1.61. The number of thioether (sulfide) groups is 1. The fraction of sp³-hybridized carbons (Fsp3) is 0.478. The summed E-state index contributed by atoms with van der Waals surface area (Å²) in [5.74, 6) is 0.507. The molecule has 2 fully saturated rings. The Morgan fingerprint density at radius 2 is 1.84 bits per heavy atom. The van der Waals surface area contributed by atoms with Crippen molar-refractivity contribution in [2.24, 2.45) is 0 Å². The number of nitrogens with one attached hydrogen (secondary N) is 1. The molecule has 2 aliphatic heterocycles. The Kier molecular flexibility index (Phi) is 6.00. The van der Waals surface area contributed by atoms with Gasteiger partial charge in [0.2, 0.25) is 0 Å². The maximum Gasteiger partial charge on any atom is 0.166 e. The molecule has 0 aliphatic carbocycles. The number of benzene rings is 1. The Bertz CT molecular complexity index is 1060. The molecule has 0 spiro atoms. The molecule has 2 aromatic heterocycles. The van der Waals surface area contributed by atoms with E-state index in [0.29, 0.717) is 32.0 Å². The highest BCUT2D eigenvalue weighted by Crippen LogP contribution is 2.31. The standard InChI is InChI=1S/C23H28FN5OS/c1-16-20(25-6-5-21(16)28-7-3-2-4-8-28)15-31-23-26-18-13-17(24)22(14-19(18)27-23)29-9-11-30-12-10-29/h5-6,13-14H,2-4,7-12,15H2,1H3,(H,26,27). The van der Waals surface area contributed by atoms with Gasteiger partial charge in [0.25, 0.3) is 0 Å². The summed E-state index contributed by atoms with van der Waals surface area (Å²) in [6, 6.07) is 5.53. The van der Waals surface area contributed by atoms with Crippen LogP contribution in [0.15, 0.2) is 29.6 Å². The normalized spacial score (nSPS) is 17.5. The number of halogens is 1. The molecule has 1 N–H and O–H groups in total.